The van der Waals surface area contributed by atoms with E-state index >= 15 is 0 Å². The van der Waals surface area contributed by atoms with Crippen LogP contribution < -0.4 is 10.0 Å². The third-order valence-corrected chi connectivity index (χ3v) is 6.68. The summed E-state index contributed by atoms with van der Waals surface area (Å²) in [5, 5.41) is 10.1. The lowest BCUT2D eigenvalue weighted by atomic mass is 10.2. The molecule has 0 aliphatic rings. The first-order valence-corrected chi connectivity index (χ1v) is 11.1. The van der Waals surface area contributed by atoms with Crippen LogP contribution in [-0.4, -0.2) is 49.4 Å². The van der Waals surface area contributed by atoms with Crippen molar-refractivity contribution in [2.75, 3.05) is 24.1 Å². The monoisotopic (exact) mass is 465 g/mol. The molecule has 9 nitrogen and oxygen atoms in total. The molecule has 30 heavy (non-hydrogen) atoms. The molecule has 0 saturated carbocycles. The minimum Gasteiger partial charge on any atom is -0.345 e. The number of carbonyl (C=O) groups is 2. The molecule has 0 bridgehead atoms. The van der Waals surface area contributed by atoms with Crippen LogP contribution in [0.25, 0.3) is 0 Å². The Labute approximate surface area is 181 Å². The van der Waals surface area contributed by atoms with Gasteiger partial charge in [-0.25, -0.2) is 0 Å². The number of benzene rings is 2. The van der Waals surface area contributed by atoms with Crippen molar-refractivity contribution >= 4 is 55.6 Å². The van der Waals surface area contributed by atoms with Crippen molar-refractivity contribution in [2.24, 2.45) is 0 Å². The Morgan fingerprint density at radius 2 is 1.70 bits per heavy atom. The third kappa shape index (κ3) is 4.93. The van der Waals surface area contributed by atoms with E-state index in [1.165, 1.54) is 35.2 Å². The first-order chi connectivity index (χ1) is 14.2. The van der Waals surface area contributed by atoms with E-state index in [0.29, 0.717) is 16.9 Å². The summed E-state index contributed by atoms with van der Waals surface area (Å²) in [5.41, 5.74) is 0.898. The molecular formula is C18H16ClN5O4S2. The van der Waals surface area contributed by atoms with Crippen LogP contribution in [0.1, 0.15) is 20.7 Å². The van der Waals surface area contributed by atoms with Gasteiger partial charge in [0.2, 0.25) is 5.13 Å². The molecule has 0 unspecified atom stereocenters. The summed E-state index contributed by atoms with van der Waals surface area (Å²) in [5.74, 6) is -0.734. The number of amides is 2. The minimum absolute atomic E-state index is 0.00669. The van der Waals surface area contributed by atoms with Gasteiger partial charge in [-0.15, -0.1) is 10.2 Å². The van der Waals surface area contributed by atoms with Crippen molar-refractivity contribution < 1.29 is 18.0 Å². The molecule has 0 atom stereocenters. The molecule has 0 aliphatic carbocycles. The number of nitrogens with one attached hydrogen (secondary N) is 2. The first-order valence-electron chi connectivity index (χ1n) is 8.41. The zero-order chi connectivity index (χ0) is 21.9. The van der Waals surface area contributed by atoms with Crippen LogP contribution in [0.2, 0.25) is 5.02 Å². The van der Waals surface area contributed by atoms with Crippen molar-refractivity contribution in [1.82, 2.24) is 15.1 Å². The van der Waals surface area contributed by atoms with E-state index in [9.17, 15) is 18.0 Å². The summed E-state index contributed by atoms with van der Waals surface area (Å²) in [6.07, 6.45) is 0. The van der Waals surface area contributed by atoms with Gasteiger partial charge in [-0.1, -0.05) is 35.1 Å². The van der Waals surface area contributed by atoms with Gasteiger partial charge in [-0.2, -0.15) is 8.42 Å². The zero-order valence-corrected chi connectivity index (χ0v) is 18.2. The summed E-state index contributed by atoms with van der Waals surface area (Å²) in [6.45, 7) is 0. The average Bonchev–Trinajstić information content (AvgIpc) is 3.17. The SMILES string of the molecule is CN(C)C(=O)c1ccc(NS(=O)(=O)c2nnc(NC(=O)c3ccccc3Cl)s2)cc1. The highest BCUT2D eigenvalue weighted by Gasteiger charge is 2.22. The second-order valence-corrected chi connectivity index (χ2v) is 9.43. The molecule has 3 aromatic rings. The van der Waals surface area contributed by atoms with Crippen molar-refractivity contribution in [1.29, 1.82) is 0 Å². The minimum atomic E-state index is -4.03. The quantitative estimate of drug-likeness (QED) is 0.540. The Morgan fingerprint density at radius 1 is 1.03 bits per heavy atom. The van der Waals surface area contributed by atoms with E-state index in [0.717, 1.165) is 0 Å². The van der Waals surface area contributed by atoms with Gasteiger partial charge in [-0.05, 0) is 36.4 Å². The third-order valence-electron chi connectivity index (χ3n) is 3.77. The van der Waals surface area contributed by atoms with Crippen LogP contribution >= 0.6 is 22.9 Å². The van der Waals surface area contributed by atoms with Gasteiger partial charge in [0.15, 0.2) is 0 Å². The van der Waals surface area contributed by atoms with Gasteiger partial charge < -0.3 is 4.90 Å². The van der Waals surface area contributed by atoms with Crippen LogP contribution in [0.4, 0.5) is 10.8 Å². The second kappa shape index (κ2) is 8.78. The van der Waals surface area contributed by atoms with Crippen LogP contribution in [0.15, 0.2) is 52.9 Å². The predicted molar refractivity (Wildman–Crippen MR) is 115 cm³/mol. The summed E-state index contributed by atoms with van der Waals surface area (Å²) in [4.78, 5) is 25.6. The van der Waals surface area contributed by atoms with Gasteiger partial charge in [0.25, 0.3) is 26.2 Å². The second-order valence-electron chi connectivity index (χ2n) is 6.19. The van der Waals surface area contributed by atoms with E-state index in [-0.39, 0.29) is 31.7 Å². The highest BCUT2D eigenvalue weighted by molar-refractivity contribution is 7.94. The van der Waals surface area contributed by atoms with Crippen LogP contribution in [0, 0.1) is 0 Å². The fraction of sp³-hybridized carbons (Fsp3) is 0.111. The number of hydrogen-bond donors (Lipinski definition) is 2. The number of carbonyl (C=O) groups excluding carboxylic acids is 2. The van der Waals surface area contributed by atoms with Crippen LogP contribution in [0.3, 0.4) is 0 Å². The van der Waals surface area contributed by atoms with Gasteiger partial charge in [0, 0.05) is 25.3 Å². The van der Waals surface area contributed by atoms with Gasteiger partial charge >= 0.3 is 0 Å². The maximum Gasteiger partial charge on any atom is 0.291 e. The number of halogens is 1. The Morgan fingerprint density at radius 3 is 2.33 bits per heavy atom. The Balaban J connectivity index is 1.72. The van der Waals surface area contributed by atoms with Crippen LogP contribution in [-0.2, 0) is 10.0 Å². The molecule has 0 aliphatic heterocycles. The Kier molecular flexibility index (Phi) is 6.34. The first kappa shape index (κ1) is 21.7. The molecule has 2 amide bonds. The van der Waals surface area contributed by atoms with Crippen molar-refractivity contribution in [3.05, 3.63) is 64.7 Å². The van der Waals surface area contributed by atoms with Gasteiger partial charge in [-0.3, -0.25) is 19.6 Å². The summed E-state index contributed by atoms with van der Waals surface area (Å²) < 4.78 is 27.1. The number of hydrogen-bond acceptors (Lipinski definition) is 7. The average molecular weight is 466 g/mol. The topological polar surface area (TPSA) is 121 Å². The van der Waals surface area contributed by atoms with E-state index in [2.05, 4.69) is 20.2 Å². The lowest BCUT2D eigenvalue weighted by Crippen LogP contribution is -2.21. The normalized spacial score (nSPS) is 11.0. The van der Waals surface area contributed by atoms with E-state index in [4.69, 9.17) is 11.6 Å². The lowest BCUT2D eigenvalue weighted by molar-refractivity contribution is 0.0827. The van der Waals surface area contributed by atoms with Crippen molar-refractivity contribution in [3.8, 4) is 0 Å². The van der Waals surface area contributed by atoms with Gasteiger partial charge in [0.1, 0.15) is 0 Å². The molecule has 0 saturated heterocycles. The summed E-state index contributed by atoms with van der Waals surface area (Å²) >= 11 is 6.67. The largest absolute Gasteiger partial charge is 0.345 e. The molecule has 0 fully saturated rings. The lowest BCUT2D eigenvalue weighted by Gasteiger charge is -2.11. The highest BCUT2D eigenvalue weighted by Crippen LogP contribution is 2.24. The molecule has 2 aromatic carbocycles. The number of nitrogens with zero attached hydrogens (tertiary/aromatic N) is 3. The van der Waals surface area contributed by atoms with Crippen molar-refractivity contribution in [3.63, 3.8) is 0 Å². The number of aromatic nitrogens is 2. The number of anilines is 2. The number of sulfonamides is 1. The Bertz CT molecular complexity index is 1190. The maximum atomic E-state index is 12.5. The molecule has 156 valence electrons. The van der Waals surface area contributed by atoms with Crippen LogP contribution in [0.5, 0.6) is 0 Å². The summed E-state index contributed by atoms with van der Waals surface area (Å²) in [7, 11) is -0.785. The molecule has 0 spiro atoms. The smallest absolute Gasteiger partial charge is 0.291 e. The van der Waals surface area contributed by atoms with E-state index in [1.807, 2.05) is 0 Å². The fourth-order valence-electron chi connectivity index (χ4n) is 2.32. The molecule has 2 N–H and O–H groups in total. The maximum absolute atomic E-state index is 12.5. The van der Waals surface area contributed by atoms with E-state index < -0.39 is 15.9 Å². The summed E-state index contributed by atoms with van der Waals surface area (Å²) in [6, 6.07) is 12.4. The molecule has 1 aromatic heterocycles. The standard InChI is InChI=1S/C18H16ClN5O4S2/c1-24(2)16(26)11-7-9-12(10-8-11)23-30(27,28)18-22-21-17(29-18)20-15(25)13-5-3-4-6-14(13)19/h3-10,23H,1-2H3,(H,20,21,25). The fourth-order valence-corrected chi connectivity index (χ4v) is 4.49. The molecule has 1 heterocycles. The van der Waals surface area contributed by atoms with Gasteiger partial charge in [0.05, 0.1) is 10.6 Å². The molecule has 3 rings (SSSR count). The highest BCUT2D eigenvalue weighted by atomic mass is 35.5. The predicted octanol–water partition coefficient (Wildman–Crippen LogP) is 2.95. The Hall–Kier alpha value is -3.02. The van der Waals surface area contributed by atoms with E-state index in [1.54, 1.807) is 32.3 Å². The zero-order valence-electron chi connectivity index (χ0n) is 15.8. The molecule has 0 radical (unpaired) electrons. The molecular weight excluding hydrogens is 450 g/mol. The molecule has 12 heteroatoms. The number of rotatable bonds is 6. The van der Waals surface area contributed by atoms with Crippen molar-refractivity contribution in [2.45, 2.75) is 4.34 Å².